The number of likely N-dealkylation sites (tertiary alicyclic amines) is 1. The van der Waals surface area contributed by atoms with E-state index in [1.807, 2.05) is 6.07 Å². The summed E-state index contributed by atoms with van der Waals surface area (Å²) in [5, 5.41) is 0. The van der Waals surface area contributed by atoms with Gasteiger partial charge in [-0.05, 0) is 66.8 Å². The van der Waals surface area contributed by atoms with Crippen LogP contribution in [0.4, 0.5) is 0 Å². The molecule has 4 heteroatoms. The van der Waals surface area contributed by atoms with Crippen molar-refractivity contribution in [3.05, 3.63) is 22.6 Å². The maximum atomic E-state index is 5.59. The molecule has 0 saturated carbocycles. The maximum absolute atomic E-state index is 5.59. The molecule has 3 nitrogen and oxygen atoms in total. The summed E-state index contributed by atoms with van der Waals surface area (Å²) >= 11 is 3.49. The second-order valence-corrected chi connectivity index (χ2v) is 5.34. The smallest absolute Gasteiger partial charge is 0.131 e. The first-order valence-corrected chi connectivity index (χ1v) is 6.73. The van der Waals surface area contributed by atoms with Crippen LogP contribution in [0.25, 0.3) is 0 Å². The Hall–Kier alpha value is -0.320. The van der Waals surface area contributed by atoms with Gasteiger partial charge in [-0.15, -0.1) is 0 Å². The zero-order chi connectivity index (χ0) is 11.4. The highest BCUT2D eigenvalue weighted by atomic mass is 79.9. The average Bonchev–Trinajstić information content (AvgIpc) is 2.68. The van der Waals surface area contributed by atoms with E-state index in [-0.39, 0.29) is 0 Å². The summed E-state index contributed by atoms with van der Waals surface area (Å²) in [6, 6.07) is 1.95. The van der Waals surface area contributed by atoms with E-state index >= 15 is 0 Å². The lowest BCUT2D eigenvalue weighted by atomic mass is 9.93. The molecule has 0 amide bonds. The van der Waals surface area contributed by atoms with Crippen LogP contribution in [-0.2, 0) is 6.54 Å². The van der Waals surface area contributed by atoms with E-state index in [1.165, 1.54) is 19.3 Å². The van der Waals surface area contributed by atoms with Crippen molar-refractivity contribution >= 4 is 15.9 Å². The Bertz CT molecular complexity index is 319. The van der Waals surface area contributed by atoms with Gasteiger partial charge in [0.15, 0.2) is 0 Å². The molecule has 0 aromatic carbocycles. The maximum Gasteiger partial charge on any atom is 0.131 e. The lowest BCUT2D eigenvalue weighted by molar-refractivity contribution is 0.163. The molecule has 1 aliphatic heterocycles. The van der Waals surface area contributed by atoms with Gasteiger partial charge in [0.25, 0.3) is 0 Å². The minimum atomic E-state index is 0.828. The second kappa shape index (κ2) is 5.84. The molecule has 0 aliphatic carbocycles. The third-order valence-corrected chi connectivity index (χ3v) is 4.05. The number of halogens is 1. The first-order chi connectivity index (χ1) is 7.79. The Labute approximate surface area is 105 Å². The van der Waals surface area contributed by atoms with Crippen LogP contribution in [0.15, 0.2) is 21.2 Å². The highest BCUT2D eigenvalue weighted by molar-refractivity contribution is 9.10. The quantitative estimate of drug-likeness (QED) is 0.925. The van der Waals surface area contributed by atoms with E-state index in [1.54, 1.807) is 6.26 Å². The summed E-state index contributed by atoms with van der Waals surface area (Å²) < 4.78 is 6.51. The zero-order valence-corrected chi connectivity index (χ0v) is 11.1. The van der Waals surface area contributed by atoms with E-state index in [4.69, 9.17) is 10.2 Å². The van der Waals surface area contributed by atoms with E-state index < -0.39 is 0 Å². The Morgan fingerprint density at radius 1 is 1.44 bits per heavy atom. The fourth-order valence-electron chi connectivity index (χ4n) is 2.31. The number of hydrogen-bond acceptors (Lipinski definition) is 3. The number of piperidine rings is 1. The van der Waals surface area contributed by atoms with Crippen molar-refractivity contribution < 1.29 is 4.42 Å². The van der Waals surface area contributed by atoms with Crippen LogP contribution in [0.2, 0.25) is 0 Å². The topological polar surface area (TPSA) is 42.4 Å². The number of nitrogens with two attached hydrogens (primary N) is 1. The van der Waals surface area contributed by atoms with Crippen LogP contribution >= 0.6 is 15.9 Å². The van der Waals surface area contributed by atoms with Crippen molar-refractivity contribution in [1.82, 2.24) is 4.90 Å². The highest BCUT2D eigenvalue weighted by Gasteiger charge is 2.19. The number of rotatable bonds is 4. The third kappa shape index (κ3) is 3.09. The number of furan rings is 1. The van der Waals surface area contributed by atoms with Crippen LogP contribution in [0, 0.1) is 5.92 Å². The van der Waals surface area contributed by atoms with Gasteiger partial charge in [0.2, 0.25) is 0 Å². The summed E-state index contributed by atoms with van der Waals surface area (Å²) in [7, 11) is 0. The molecule has 16 heavy (non-hydrogen) atoms. The number of nitrogens with zero attached hydrogens (tertiary/aromatic N) is 1. The molecular weight excluding hydrogens is 268 g/mol. The summed E-state index contributed by atoms with van der Waals surface area (Å²) in [4.78, 5) is 2.45. The minimum Gasteiger partial charge on any atom is -0.467 e. The summed E-state index contributed by atoms with van der Waals surface area (Å²) in [6.45, 7) is 4.08. The molecule has 0 spiro atoms. The molecule has 0 atom stereocenters. The van der Waals surface area contributed by atoms with E-state index in [2.05, 4.69) is 20.8 Å². The monoisotopic (exact) mass is 286 g/mol. The molecular formula is C12H19BrN2O. The Morgan fingerprint density at radius 3 is 2.75 bits per heavy atom. The summed E-state index contributed by atoms with van der Waals surface area (Å²) in [6.07, 6.45) is 5.46. The Balaban J connectivity index is 1.79. The fourth-order valence-corrected chi connectivity index (χ4v) is 2.64. The molecule has 1 saturated heterocycles. The molecule has 2 heterocycles. The van der Waals surface area contributed by atoms with Crippen LogP contribution in [0.5, 0.6) is 0 Å². The van der Waals surface area contributed by atoms with Crippen molar-refractivity contribution in [3.63, 3.8) is 0 Å². The SMILES string of the molecule is NCCC1CCN(Cc2occc2Br)CC1. The van der Waals surface area contributed by atoms with Gasteiger partial charge >= 0.3 is 0 Å². The molecule has 1 aromatic heterocycles. The minimum absolute atomic E-state index is 0.828. The van der Waals surface area contributed by atoms with Gasteiger partial charge in [0.05, 0.1) is 17.3 Å². The van der Waals surface area contributed by atoms with Gasteiger partial charge in [-0.2, -0.15) is 0 Å². The van der Waals surface area contributed by atoms with Gasteiger partial charge in [-0.25, -0.2) is 0 Å². The first kappa shape index (κ1) is 12.1. The summed E-state index contributed by atoms with van der Waals surface area (Å²) in [5.74, 6) is 1.87. The molecule has 0 radical (unpaired) electrons. The molecule has 2 N–H and O–H groups in total. The predicted octanol–water partition coefficient (Wildman–Crippen LogP) is 2.60. The van der Waals surface area contributed by atoms with E-state index in [0.29, 0.717) is 0 Å². The van der Waals surface area contributed by atoms with Gasteiger partial charge in [0.1, 0.15) is 5.76 Å². The fraction of sp³-hybridized carbons (Fsp3) is 0.667. The highest BCUT2D eigenvalue weighted by Crippen LogP contribution is 2.24. The van der Waals surface area contributed by atoms with Gasteiger partial charge in [0, 0.05) is 0 Å². The second-order valence-electron chi connectivity index (χ2n) is 4.49. The van der Waals surface area contributed by atoms with Crippen molar-refractivity contribution in [2.45, 2.75) is 25.8 Å². The van der Waals surface area contributed by atoms with Gasteiger partial charge < -0.3 is 10.2 Å². The molecule has 0 bridgehead atoms. The number of hydrogen-bond donors (Lipinski definition) is 1. The third-order valence-electron chi connectivity index (χ3n) is 3.34. The molecule has 1 fully saturated rings. The molecule has 2 rings (SSSR count). The molecule has 90 valence electrons. The zero-order valence-electron chi connectivity index (χ0n) is 9.49. The molecule has 1 aromatic rings. The van der Waals surface area contributed by atoms with Crippen molar-refractivity contribution in [2.75, 3.05) is 19.6 Å². The van der Waals surface area contributed by atoms with Crippen molar-refractivity contribution in [2.24, 2.45) is 11.7 Å². The van der Waals surface area contributed by atoms with Gasteiger partial charge in [-0.3, -0.25) is 4.90 Å². The molecule has 0 unspecified atom stereocenters. The average molecular weight is 287 g/mol. The van der Waals surface area contributed by atoms with Crippen molar-refractivity contribution in [3.8, 4) is 0 Å². The summed E-state index contributed by atoms with van der Waals surface area (Å²) in [5.41, 5.74) is 5.59. The normalized spacial score (nSPS) is 19.1. The lowest BCUT2D eigenvalue weighted by Gasteiger charge is -2.31. The van der Waals surface area contributed by atoms with Crippen LogP contribution < -0.4 is 5.73 Å². The standard InChI is InChI=1S/C12H19BrN2O/c13-11-4-8-16-12(11)9-15-6-2-10(1-5-14)3-7-15/h4,8,10H,1-3,5-7,9,14H2. The Kier molecular flexibility index (Phi) is 4.44. The lowest BCUT2D eigenvalue weighted by Crippen LogP contribution is -2.33. The van der Waals surface area contributed by atoms with E-state index in [0.717, 1.165) is 42.3 Å². The van der Waals surface area contributed by atoms with E-state index in [9.17, 15) is 0 Å². The largest absolute Gasteiger partial charge is 0.467 e. The molecule has 1 aliphatic rings. The first-order valence-electron chi connectivity index (χ1n) is 5.94. The Morgan fingerprint density at radius 2 is 2.19 bits per heavy atom. The predicted molar refractivity (Wildman–Crippen MR) is 68.1 cm³/mol. The van der Waals surface area contributed by atoms with Crippen molar-refractivity contribution in [1.29, 1.82) is 0 Å². The van der Waals surface area contributed by atoms with Gasteiger partial charge in [-0.1, -0.05) is 0 Å². The van der Waals surface area contributed by atoms with Crippen LogP contribution in [0.3, 0.4) is 0 Å². The van der Waals surface area contributed by atoms with Crippen LogP contribution in [0.1, 0.15) is 25.0 Å². The van der Waals surface area contributed by atoms with Crippen LogP contribution in [-0.4, -0.2) is 24.5 Å².